The average molecular weight is 373 g/mol. The molecule has 1 aromatic carbocycles. The van der Waals surface area contributed by atoms with E-state index in [2.05, 4.69) is 22.5 Å². The summed E-state index contributed by atoms with van der Waals surface area (Å²) in [4.78, 5) is 4.53. The van der Waals surface area contributed by atoms with Gasteiger partial charge in [-0.05, 0) is 18.6 Å². The molecule has 2 rings (SSSR count). The average Bonchev–Trinajstić information content (AvgIpc) is 3.06. The number of aryl methyl sites for hydroxylation is 1. The van der Waals surface area contributed by atoms with E-state index in [0.29, 0.717) is 0 Å². The van der Waals surface area contributed by atoms with Gasteiger partial charge in [0.2, 0.25) is 0 Å². The van der Waals surface area contributed by atoms with Gasteiger partial charge in [0.25, 0.3) is 0 Å². The van der Waals surface area contributed by atoms with Crippen molar-refractivity contribution in [2.24, 2.45) is 0 Å². The molecule has 0 aliphatic heterocycles. The number of nitrogens with zero attached hydrogens (tertiary/aromatic N) is 2. The zero-order chi connectivity index (χ0) is 19.2. The van der Waals surface area contributed by atoms with Crippen molar-refractivity contribution in [3.05, 3.63) is 30.1 Å². The Morgan fingerprint density at radius 1 is 0.741 bits per heavy atom. The zero-order valence-electron chi connectivity index (χ0n) is 17.5. The van der Waals surface area contributed by atoms with E-state index in [1.165, 1.54) is 89.9 Å². The number of unbranched alkanes of at least 4 members (excludes halogenated alkanes) is 13. The van der Waals surface area contributed by atoms with Gasteiger partial charge in [0.15, 0.2) is 0 Å². The number of aliphatic hydroxyl groups is 1. The molecule has 3 heteroatoms. The van der Waals surface area contributed by atoms with Gasteiger partial charge in [0.1, 0.15) is 12.4 Å². The second-order valence-electron chi connectivity index (χ2n) is 7.92. The third-order valence-corrected chi connectivity index (χ3v) is 5.61. The van der Waals surface area contributed by atoms with Crippen molar-refractivity contribution in [2.75, 3.05) is 0 Å². The lowest BCUT2D eigenvalue weighted by Gasteiger charge is -2.08. The Morgan fingerprint density at radius 3 is 1.81 bits per heavy atom. The Hall–Kier alpha value is -1.35. The second kappa shape index (κ2) is 13.8. The van der Waals surface area contributed by atoms with Crippen molar-refractivity contribution in [1.82, 2.24) is 9.55 Å². The molecule has 1 aromatic heterocycles. The first-order chi connectivity index (χ1) is 13.4. The molecule has 0 bridgehead atoms. The van der Waals surface area contributed by atoms with Gasteiger partial charge in [0.05, 0.1) is 11.0 Å². The van der Waals surface area contributed by atoms with E-state index >= 15 is 0 Å². The van der Waals surface area contributed by atoms with Crippen LogP contribution in [0.2, 0.25) is 0 Å². The molecule has 0 unspecified atom stereocenters. The molecule has 0 spiro atoms. The molecule has 0 fully saturated rings. The number of hydrogen-bond acceptors (Lipinski definition) is 2. The second-order valence-corrected chi connectivity index (χ2v) is 7.92. The largest absolute Gasteiger partial charge is 0.388 e. The van der Waals surface area contributed by atoms with Crippen LogP contribution in [0.1, 0.15) is 103 Å². The molecule has 0 aliphatic rings. The minimum atomic E-state index is 0.0211. The number of benzene rings is 1. The van der Waals surface area contributed by atoms with Crippen LogP contribution in [0.3, 0.4) is 0 Å². The van der Waals surface area contributed by atoms with Crippen molar-refractivity contribution in [3.63, 3.8) is 0 Å². The number of aliphatic hydroxyl groups excluding tert-OH is 1. The summed E-state index contributed by atoms with van der Waals surface area (Å²) in [5.41, 5.74) is 2.14. The van der Waals surface area contributed by atoms with Crippen molar-refractivity contribution in [3.8, 4) is 0 Å². The third kappa shape index (κ3) is 8.04. The van der Waals surface area contributed by atoms with E-state index < -0.39 is 0 Å². The van der Waals surface area contributed by atoms with Gasteiger partial charge in [-0.15, -0.1) is 0 Å². The Bertz CT molecular complexity index is 620. The molecule has 2 aromatic rings. The maximum absolute atomic E-state index is 9.55. The fourth-order valence-electron chi connectivity index (χ4n) is 3.96. The van der Waals surface area contributed by atoms with Gasteiger partial charge in [-0.1, -0.05) is 103 Å². The van der Waals surface area contributed by atoms with Gasteiger partial charge in [0, 0.05) is 6.54 Å². The first-order valence-electron chi connectivity index (χ1n) is 11.4. The van der Waals surface area contributed by atoms with Crippen LogP contribution in [0.5, 0.6) is 0 Å². The molecule has 152 valence electrons. The Labute approximate surface area is 166 Å². The highest BCUT2D eigenvalue weighted by molar-refractivity contribution is 5.75. The van der Waals surface area contributed by atoms with Gasteiger partial charge >= 0.3 is 0 Å². The Kier molecular flexibility index (Phi) is 11.2. The summed E-state index contributed by atoms with van der Waals surface area (Å²) in [5, 5.41) is 9.55. The molecule has 27 heavy (non-hydrogen) atoms. The predicted octanol–water partition coefficient (Wildman–Crippen LogP) is 7.01. The van der Waals surface area contributed by atoms with Crippen LogP contribution in [-0.2, 0) is 13.2 Å². The van der Waals surface area contributed by atoms with Crippen LogP contribution >= 0.6 is 0 Å². The first-order valence-corrected chi connectivity index (χ1v) is 11.4. The van der Waals surface area contributed by atoms with Crippen LogP contribution in [0, 0.1) is 0 Å². The Morgan fingerprint density at radius 2 is 1.26 bits per heavy atom. The molecule has 1 N–H and O–H groups in total. The van der Waals surface area contributed by atoms with Crippen LogP contribution in [0.15, 0.2) is 24.3 Å². The zero-order valence-corrected chi connectivity index (χ0v) is 17.5. The summed E-state index contributed by atoms with van der Waals surface area (Å²) in [6.07, 6.45) is 19.3. The summed E-state index contributed by atoms with van der Waals surface area (Å²) in [5.74, 6) is 0.797. The van der Waals surface area contributed by atoms with Gasteiger partial charge < -0.3 is 9.67 Å². The molecule has 0 atom stereocenters. The van der Waals surface area contributed by atoms with Crippen LogP contribution in [-0.4, -0.2) is 14.7 Å². The standard InChI is InChI=1S/C24H40N2O/c1-2-3-4-5-6-7-8-9-10-11-12-13-14-17-20-26-23-19-16-15-18-22(23)25-24(26)21-27/h15-16,18-19,27H,2-14,17,20-21H2,1H3. The highest BCUT2D eigenvalue weighted by Crippen LogP contribution is 2.18. The monoisotopic (exact) mass is 372 g/mol. The SMILES string of the molecule is CCCCCCCCCCCCCCCCn1c(CO)nc2ccccc21. The van der Waals surface area contributed by atoms with Gasteiger partial charge in [-0.3, -0.25) is 0 Å². The summed E-state index contributed by atoms with van der Waals surface area (Å²) in [7, 11) is 0. The quantitative estimate of drug-likeness (QED) is 0.322. The van der Waals surface area contributed by atoms with E-state index in [1.807, 2.05) is 18.2 Å². The number of aromatic nitrogens is 2. The predicted molar refractivity (Wildman–Crippen MR) is 116 cm³/mol. The first kappa shape index (κ1) is 21.9. The van der Waals surface area contributed by atoms with Gasteiger partial charge in [-0.25, -0.2) is 4.98 Å². The summed E-state index contributed by atoms with van der Waals surface area (Å²) in [6.45, 7) is 3.27. The number of para-hydroxylation sites is 2. The highest BCUT2D eigenvalue weighted by atomic mass is 16.3. The Balaban J connectivity index is 1.47. The lowest BCUT2D eigenvalue weighted by molar-refractivity contribution is 0.265. The topological polar surface area (TPSA) is 38.0 Å². The maximum Gasteiger partial charge on any atom is 0.135 e. The molecule has 1 heterocycles. The summed E-state index contributed by atoms with van der Waals surface area (Å²) < 4.78 is 2.19. The van der Waals surface area contributed by atoms with E-state index in [-0.39, 0.29) is 6.61 Å². The van der Waals surface area contributed by atoms with E-state index in [0.717, 1.165) is 23.4 Å². The molecule has 0 saturated heterocycles. The summed E-state index contributed by atoms with van der Waals surface area (Å²) in [6, 6.07) is 8.18. The van der Waals surface area contributed by atoms with Crippen LogP contribution in [0.4, 0.5) is 0 Å². The van der Waals surface area contributed by atoms with Crippen molar-refractivity contribution in [1.29, 1.82) is 0 Å². The van der Waals surface area contributed by atoms with Crippen LogP contribution < -0.4 is 0 Å². The fraction of sp³-hybridized carbons (Fsp3) is 0.708. The van der Waals surface area contributed by atoms with E-state index in [9.17, 15) is 5.11 Å². The number of imidazole rings is 1. The minimum Gasteiger partial charge on any atom is -0.388 e. The normalized spacial score (nSPS) is 11.5. The van der Waals surface area contributed by atoms with Crippen molar-refractivity contribution >= 4 is 11.0 Å². The van der Waals surface area contributed by atoms with Gasteiger partial charge in [-0.2, -0.15) is 0 Å². The summed E-state index contributed by atoms with van der Waals surface area (Å²) >= 11 is 0. The minimum absolute atomic E-state index is 0.0211. The molecule has 3 nitrogen and oxygen atoms in total. The molecule has 0 radical (unpaired) electrons. The number of hydrogen-bond donors (Lipinski definition) is 1. The molecular formula is C24H40N2O. The number of rotatable bonds is 16. The number of fused-ring (bicyclic) bond motifs is 1. The molecule has 0 saturated carbocycles. The van der Waals surface area contributed by atoms with Crippen molar-refractivity contribution in [2.45, 2.75) is 110 Å². The van der Waals surface area contributed by atoms with E-state index in [1.54, 1.807) is 0 Å². The fourth-order valence-corrected chi connectivity index (χ4v) is 3.96. The maximum atomic E-state index is 9.55. The molecule has 0 amide bonds. The highest BCUT2D eigenvalue weighted by Gasteiger charge is 2.08. The molecule has 0 aliphatic carbocycles. The smallest absolute Gasteiger partial charge is 0.135 e. The molecular weight excluding hydrogens is 332 g/mol. The third-order valence-electron chi connectivity index (χ3n) is 5.61. The van der Waals surface area contributed by atoms with Crippen molar-refractivity contribution < 1.29 is 5.11 Å². The van der Waals surface area contributed by atoms with Crippen LogP contribution in [0.25, 0.3) is 11.0 Å². The lowest BCUT2D eigenvalue weighted by Crippen LogP contribution is -2.04. The van der Waals surface area contributed by atoms with E-state index in [4.69, 9.17) is 0 Å². The lowest BCUT2D eigenvalue weighted by atomic mass is 10.0.